The summed E-state index contributed by atoms with van der Waals surface area (Å²) in [4.78, 5) is 16.6. The summed E-state index contributed by atoms with van der Waals surface area (Å²) in [7, 11) is 3.75. The largest absolute Gasteiger partial charge is 0.378 e. The van der Waals surface area contributed by atoms with Gasteiger partial charge in [0.1, 0.15) is 11.9 Å². The minimum Gasteiger partial charge on any atom is -0.378 e. The van der Waals surface area contributed by atoms with Crippen LogP contribution in [0.1, 0.15) is 31.4 Å². The van der Waals surface area contributed by atoms with Crippen LogP contribution in [0.2, 0.25) is 0 Å². The first-order chi connectivity index (χ1) is 10.5. The number of nitrogens with zero attached hydrogens (tertiary/aromatic N) is 2. The van der Waals surface area contributed by atoms with Crippen LogP contribution in [0.5, 0.6) is 0 Å². The van der Waals surface area contributed by atoms with Gasteiger partial charge in [-0.2, -0.15) is 0 Å². The molecule has 1 aliphatic rings. The first-order valence-electron chi connectivity index (χ1n) is 7.85. The number of benzene rings is 1. The number of likely N-dealkylation sites (tertiary alicyclic amines) is 1. The van der Waals surface area contributed by atoms with Gasteiger partial charge in [-0.25, -0.2) is 4.39 Å². The number of rotatable bonds is 5. The molecule has 22 heavy (non-hydrogen) atoms. The molecule has 0 aromatic heterocycles. The van der Waals surface area contributed by atoms with Gasteiger partial charge >= 0.3 is 0 Å². The van der Waals surface area contributed by atoms with Gasteiger partial charge in [0.05, 0.1) is 6.10 Å². The van der Waals surface area contributed by atoms with E-state index < -0.39 is 0 Å². The molecule has 0 aliphatic carbocycles. The van der Waals surface area contributed by atoms with E-state index in [1.807, 2.05) is 30.8 Å². The highest BCUT2D eigenvalue weighted by Gasteiger charge is 2.30. The third-order valence-electron chi connectivity index (χ3n) is 4.09. The number of halogens is 1. The van der Waals surface area contributed by atoms with E-state index in [1.54, 1.807) is 12.1 Å². The first-order valence-corrected chi connectivity index (χ1v) is 7.85. The summed E-state index contributed by atoms with van der Waals surface area (Å²) in [5, 5.41) is 0. The van der Waals surface area contributed by atoms with Gasteiger partial charge in [0, 0.05) is 19.7 Å². The summed E-state index contributed by atoms with van der Waals surface area (Å²) in [5.74, 6) is -0.210. The van der Waals surface area contributed by atoms with E-state index in [0.29, 0.717) is 6.61 Å². The van der Waals surface area contributed by atoms with Gasteiger partial charge in [-0.3, -0.25) is 9.69 Å². The van der Waals surface area contributed by atoms with E-state index in [9.17, 15) is 9.18 Å². The lowest BCUT2D eigenvalue weighted by Crippen LogP contribution is -2.45. The van der Waals surface area contributed by atoms with E-state index in [0.717, 1.165) is 31.5 Å². The van der Waals surface area contributed by atoms with Crippen LogP contribution >= 0.6 is 0 Å². The van der Waals surface area contributed by atoms with Crippen molar-refractivity contribution in [3.63, 3.8) is 0 Å². The quantitative estimate of drug-likeness (QED) is 0.837. The van der Waals surface area contributed by atoms with Crippen molar-refractivity contribution >= 4 is 5.91 Å². The van der Waals surface area contributed by atoms with Crippen molar-refractivity contribution in [3.8, 4) is 0 Å². The number of amides is 1. The third-order valence-corrected chi connectivity index (χ3v) is 4.09. The summed E-state index contributed by atoms with van der Waals surface area (Å²) in [6.07, 6.45) is 2.02. The van der Waals surface area contributed by atoms with Crippen LogP contribution in [0, 0.1) is 5.82 Å². The third kappa shape index (κ3) is 4.05. The predicted octanol–water partition coefficient (Wildman–Crippen LogP) is 2.46. The van der Waals surface area contributed by atoms with Gasteiger partial charge in [0.25, 0.3) is 0 Å². The lowest BCUT2D eigenvalue weighted by molar-refractivity contribution is -0.139. The minimum absolute atomic E-state index is 0.0755. The zero-order valence-electron chi connectivity index (χ0n) is 13.6. The molecule has 1 aliphatic heterocycles. The molecule has 1 aromatic rings. The van der Waals surface area contributed by atoms with Gasteiger partial charge in [-0.1, -0.05) is 12.1 Å². The molecule has 1 aromatic carbocycles. The van der Waals surface area contributed by atoms with Crippen molar-refractivity contribution in [3.05, 3.63) is 35.6 Å². The fraction of sp³-hybridized carbons (Fsp3) is 0.588. The molecule has 4 nitrogen and oxygen atoms in total. The molecule has 1 unspecified atom stereocenters. The van der Waals surface area contributed by atoms with Crippen molar-refractivity contribution in [1.82, 2.24) is 9.80 Å². The Hall–Kier alpha value is -1.46. The molecular weight excluding hydrogens is 283 g/mol. The van der Waals surface area contributed by atoms with Gasteiger partial charge in [0.2, 0.25) is 5.91 Å². The molecule has 1 atom stereocenters. The number of piperidine rings is 1. The molecule has 0 saturated carbocycles. The second kappa shape index (κ2) is 7.70. The number of hydrogen-bond acceptors (Lipinski definition) is 3. The molecule has 1 heterocycles. The van der Waals surface area contributed by atoms with Crippen molar-refractivity contribution in [2.45, 2.75) is 31.9 Å². The normalized spacial score (nSPS) is 17.8. The van der Waals surface area contributed by atoms with Gasteiger partial charge in [-0.15, -0.1) is 0 Å². The molecule has 1 amide bonds. The molecule has 1 saturated heterocycles. The van der Waals surface area contributed by atoms with Crippen LogP contribution in [0.15, 0.2) is 24.3 Å². The molecule has 122 valence electrons. The van der Waals surface area contributed by atoms with Crippen molar-refractivity contribution in [2.75, 3.05) is 33.8 Å². The van der Waals surface area contributed by atoms with E-state index in [-0.39, 0.29) is 23.9 Å². The van der Waals surface area contributed by atoms with Crippen molar-refractivity contribution < 1.29 is 13.9 Å². The molecule has 5 heteroatoms. The minimum atomic E-state index is -0.371. The number of ether oxygens (including phenoxy) is 1. The lowest BCUT2D eigenvalue weighted by Gasteiger charge is -2.35. The van der Waals surface area contributed by atoms with Crippen LogP contribution < -0.4 is 0 Å². The maximum absolute atomic E-state index is 13.1. The fourth-order valence-electron chi connectivity index (χ4n) is 2.96. The van der Waals surface area contributed by atoms with E-state index in [1.165, 1.54) is 12.1 Å². The molecule has 0 radical (unpaired) electrons. The Balaban J connectivity index is 2.06. The van der Waals surface area contributed by atoms with Crippen LogP contribution in [-0.2, 0) is 9.53 Å². The average molecular weight is 308 g/mol. The Labute approximate surface area is 131 Å². The lowest BCUT2D eigenvalue weighted by atomic mass is 10.0. The van der Waals surface area contributed by atoms with E-state index in [2.05, 4.69) is 0 Å². The Bertz CT molecular complexity index is 482. The first kappa shape index (κ1) is 16.9. The summed E-state index contributed by atoms with van der Waals surface area (Å²) < 4.78 is 18.7. The number of carbonyl (C=O) groups excluding carboxylic acids is 1. The smallest absolute Gasteiger partial charge is 0.244 e. The van der Waals surface area contributed by atoms with Gasteiger partial charge < -0.3 is 9.64 Å². The number of likely N-dealkylation sites (N-methyl/N-ethyl adjacent to an activating group) is 1. The van der Waals surface area contributed by atoms with E-state index >= 15 is 0 Å². The summed E-state index contributed by atoms with van der Waals surface area (Å²) in [6, 6.07) is 5.81. The SMILES string of the molecule is CCOC1CCN(C(=O)C(c2ccc(F)cc2)N(C)C)CC1. The Kier molecular flexibility index (Phi) is 5.91. The van der Waals surface area contributed by atoms with Crippen LogP contribution in [0.3, 0.4) is 0 Å². The molecule has 0 bridgehead atoms. The molecule has 0 N–H and O–H groups in total. The van der Waals surface area contributed by atoms with Crippen molar-refractivity contribution in [2.24, 2.45) is 0 Å². The second-order valence-corrected chi connectivity index (χ2v) is 5.90. The van der Waals surface area contributed by atoms with Crippen molar-refractivity contribution in [1.29, 1.82) is 0 Å². The summed E-state index contributed by atoms with van der Waals surface area (Å²) >= 11 is 0. The van der Waals surface area contributed by atoms with Gasteiger partial charge in [0.15, 0.2) is 0 Å². The maximum Gasteiger partial charge on any atom is 0.244 e. The molecular formula is C17H25FN2O2. The zero-order chi connectivity index (χ0) is 16.1. The molecule has 1 fully saturated rings. The van der Waals surface area contributed by atoms with Crippen LogP contribution in [0.4, 0.5) is 4.39 Å². The standard InChI is InChI=1S/C17H25FN2O2/c1-4-22-15-9-11-20(12-10-15)17(21)16(19(2)3)13-5-7-14(18)8-6-13/h5-8,15-16H,4,9-12H2,1-3H3. The maximum atomic E-state index is 13.1. The van der Waals surface area contributed by atoms with Crippen LogP contribution in [-0.4, -0.2) is 55.6 Å². The van der Waals surface area contributed by atoms with Crippen LogP contribution in [0.25, 0.3) is 0 Å². The monoisotopic (exact) mass is 308 g/mol. The highest BCUT2D eigenvalue weighted by Crippen LogP contribution is 2.24. The summed E-state index contributed by atoms with van der Waals surface area (Å²) in [6.45, 7) is 4.15. The Morgan fingerprint density at radius 2 is 1.91 bits per heavy atom. The number of hydrogen-bond donors (Lipinski definition) is 0. The number of carbonyl (C=O) groups is 1. The molecule has 2 rings (SSSR count). The highest BCUT2D eigenvalue weighted by molar-refractivity contribution is 5.83. The topological polar surface area (TPSA) is 32.8 Å². The summed E-state index contributed by atoms with van der Waals surface area (Å²) in [5.41, 5.74) is 0.823. The van der Waals surface area contributed by atoms with E-state index in [4.69, 9.17) is 4.74 Å². The average Bonchev–Trinajstić information content (AvgIpc) is 2.50. The molecule has 0 spiro atoms. The second-order valence-electron chi connectivity index (χ2n) is 5.90. The highest BCUT2D eigenvalue weighted by atomic mass is 19.1. The Morgan fingerprint density at radius 3 is 2.41 bits per heavy atom. The fourth-order valence-corrected chi connectivity index (χ4v) is 2.96. The predicted molar refractivity (Wildman–Crippen MR) is 84.1 cm³/mol. The Morgan fingerprint density at radius 1 is 1.32 bits per heavy atom. The zero-order valence-corrected chi connectivity index (χ0v) is 13.6. The van der Waals surface area contributed by atoms with Gasteiger partial charge in [-0.05, 0) is 51.6 Å².